The summed E-state index contributed by atoms with van der Waals surface area (Å²) in [7, 11) is 0. The normalized spacial score (nSPS) is 11.4. The summed E-state index contributed by atoms with van der Waals surface area (Å²) in [5.41, 5.74) is 10.4. The molecule has 1 heterocycles. The minimum atomic E-state index is 0.269. The molecule has 0 bridgehead atoms. The maximum absolute atomic E-state index is 6.06. The van der Waals surface area contributed by atoms with Crippen molar-refractivity contribution in [1.29, 1.82) is 0 Å². The van der Waals surface area contributed by atoms with Crippen LogP contribution in [0.25, 0.3) is 11.3 Å². The summed E-state index contributed by atoms with van der Waals surface area (Å²) in [5.74, 6) is 2.30. The fraction of sp³-hybridized carbons (Fsp3) is 0.444. The van der Waals surface area contributed by atoms with Crippen molar-refractivity contribution < 1.29 is 0 Å². The Labute approximate surface area is 127 Å². The molecule has 3 heteroatoms. The van der Waals surface area contributed by atoms with Crippen molar-refractivity contribution >= 4 is 5.82 Å². The molecule has 0 spiro atoms. The van der Waals surface area contributed by atoms with Gasteiger partial charge in [-0.3, -0.25) is 0 Å². The number of nitrogens with two attached hydrogens (primary N) is 1. The highest BCUT2D eigenvalue weighted by Crippen LogP contribution is 2.27. The molecule has 2 rings (SSSR count). The molecule has 2 N–H and O–H groups in total. The zero-order valence-electron chi connectivity index (χ0n) is 13.6. The number of nitrogen functional groups attached to an aromatic ring is 1. The predicted molar refractivity (Wildman–Crippen MR) is 89.2 cm³/mol. The third-order valence-corrected chi connectivity index (χ3v) is 3.56. The molecule has 112 valence electrons. The molecule has 1 aromatic carbocycles. The summed E-state index contributed by atoms with van der Waals surface area (Å²) in [6.45, 7) is 10.6. The van der Waals surface area contributed by atoms with Crippen LogP contribution < -0.4 is 5.73 Å². The van der Waals surface area contributed by atoms with Crippen LogP contribution in [0, 0.1) is 12.8 Å². The Hall–Kier alpha value is -1.90. The van der Waals surface area contributed by atoms with E-state index < -0.39 is 0 Å². The number of nitrogens with zero attached hydrogens (tertiary/aromatic N) is 2. The van der Waals surface area contributed by atoms with Crippen LogP contribution in [0.4, 0.5) is 5.82 Å². The second kappa shape index (κ2) is 6.25. The van der Waals surface area contributed by atoms with Gasteiger partial charge in [-0.25, -0.2) is 9.97 Å². The fourth-order valence-corrected chi connectivity index (χ4v) is 2.41. The fourth-order valence-electron chi connectivity index (χ4n) is 2.41. The molecular formula is C18H25N3. The third-order valence-electron chi connectivity index (χ3n) is 3.56. The summed E-state index contributed by atoms with van der Waals surface area (Å²) in [4.78, 5) is 9.13. The number of hydrogen-bond acceptors (Lipinski definition) is 3. The minimum Gasteiger partial charge on any atom is -0.383 e. The van der Waals surface area contributed by atoms with E-state index in [1.807, 2.05) is 6.92 Å². The molecular weight excluding hydrogens is 258 g/mol. The van der Waals surface area contributed by atoms with Crippen LogP contribution in [0.15, 0.2) is 24.3 Å². The average Bonchev–Trinajstić information content (AvgIpc) is 2.41. The highest BCUT2D eigenvalue weighted by atomic mass is 15.0. The van der Waals surface area contributed by atoms with E-state index in [4.69, 9.17) is 10.7 Å². The highest BCUT2D eigenvalue weighted by Gasteiger charge is 2.13. The van der Waals surface area contributed by atoms with Gasteiger partial charge in [0.2, 0.25) is 0 Å². The second-order valence-corrected chi connectivity index (χ2v) is 6.39. The van der Waals surface area contributed by atoms with E-state index in [2.05, 4.69) is 56.9 Å². The Morgan fingerprint density at radius 1 is 1.10 bits per heavy atom. The van der Waals surface area contributed by atoms with Crippen LogP contribution in [0.2, 0.25) is 0 Å². The van der Waals surface area contributed by atoms with Gasteiger partial charge in [0.1, 0.15) is 11.6 Å². The number of hydrogen-bond donors (Lipinski definition) is 1. The van der Waals surface area contributed by atoms with Crippen molar-refractivity contribution in [2.45, 2.75) is 47.0 Å². The predicted octanol–water partition coefficient (Wildman–Crippen LogP) is 4.36. The standard InChI is InChI=1S/C18H25N3/c1-11(2)9-14-7-6-8-15(10-14)16-13(5)17(19)21-18(20-16)12(3)4/h6-8,10-12H,9H2,1-5H3,(H2,19,20,21). The van der Waals surface area contributed by atoms with E-state index in [1.165, 1.54) is 5.56 Å². The zero-order valence-corrected chi connectivity index (χ0v) is 13.6. The molecule has 0 atom stereocenters. The first-order valence-corrected chi connectivity index (χ1v) is 7.61. The summed E-state index contributed by atoms with van der Waals surface area (Å²) in [5, 5.41) is 0. The topological polar surface area (TPSA) is 51.8 Å². The van der Waals surface area contributed by atoms with Gasteiger partial charge in [-0.05, 0) is 30.9 Å². The summed E-state index contributed by atoms with van der Waals surface area (Å²) >= 11 is 0. The number of rotatable bonds is 4. The highest BCUT2D eigenvalue weighted by molar-refractivity contribution is 5.67. The summed E-state index contributed by atoms with van der Waals surface area (Å²) < 4.78 is 0. The van der Waals surface area contributed by atoms with Crippen LogP contribution in [0.5, 0.6) is 0 Å². The van der Waals surface area contributed by atoms with Crippen molar-refractivity contribution in [2.24, 2.45) is 5.92 Å². The van der Waals surface area contributed by atoms with E-state index in [9.17, 15) is 0 Å². The van der Waals surface area contributed by atoms with Crippen molar-refractivity contribution in [1.82, 2.24) is 9.97 Å². The molecule has 0 unspecified atom stereocenters. The molecule has 0 aliphatic rings. The van der Waals surface area contributed by atoms with E-state index in [0.717, 1.165) is 29.1 Å². The Kier molecular flexibility index (Phi) is 4.61. The largest absolute Gasteiger partial charge is 0.383 e. The maximum Gasteiger partial charge on any atom is 0.133 e. The SMILES string of the molecule is Cc1c(N)nc(C(C)C)nc1-c1cccc(CC(C)C)c1. The van der Waals surface area contributed by atoms with Gasteiger partial charge in [-0.1, -0.05) is 45.9 Å². The number of anilines is 1. The summed E-state index contributed by atoms with van der Waals surface area (Å²) in [6.07, 6.45) is 1.07. The van der Waals surface area contributed by atoms with Gasteiger partial charge in [-0.15, -0.1) is 0 Å². The van der Waals surface area contributed by atoms with Crippen LogP contribution in [0.1, 0.15) is 50.6 Å². The lowest BCUT2D eigenvalue weighted by molar-refractivity contribution is 0.647. The molecule has 21 heavy (non-hydrogen) atoms. The molecule has 0 radical (unpaired) electrons. The van der Waals surface area contributed by atoms with E-state index in [0.29, 0.717) is 11.7 Å². The Bertz CT molecular complexity index is 630. The molecule has 0 aliphatic carbocycles. The van der Waals surface area contributed by atoms with Crippen molar-refractivity contribution in [3.05, 3.63) is 41.2 Å². The van der Waals surface area contributed by atoms with Gasteiger partial charge in [-0.2, -0.15) is 0 Å². The van der Waals surface area contributed by atoms with Crippen molar-refractivity contribution in [2.75, 3.05) is 5.73 Å². The van der Waals surface area contributed by atoms with Crippen LogP contribution in [0.3, 0.4) is 0 Å². The van der Waals surface area contributed by atoms with Crippen molar-refractivity contribution in [3.63, 3.8) is 0 Å². The van der Waals surface area contributed by atoms with E-state index in [-0.39, 0.29) is 5.92 Å². The molecule has 0 fully saturated rings. The van der Waals surface area contributed by atoms with Gasteiger partial charge < -0.3 is 5.73 Å². The average molecular weight is 283 g/mol. The van der Waals surface area contributed by atoms with Crippen LogP contribution in [-0.2, 0) is 6.42 Å². The van der Waals surface area contributed by atoms with Gasteiger partial charge in [0, 0.05) is 17.0 Å². The van der Waals surface area contributed by atoms with Crippen LogP contribution in [-0.4, -0.2) is 9.97 Å². The van der Waals surface area contributed by atoms with E-state index in [1.54, 1.807) is 0 Å². The first-order valence-electron chi connectivity index (χ1n) is 7.61. The van der Waals surface area contributed by atoms with E-state index >= 15 is 0 Å². The third kappa shape index (κ3) is 3.60. The Morgan fingerprint density at radius 2 is 1.81 bits per heavy atom. The van der Waals surface area contributed by atoms with Gasteiger partial charge in [0.05, 0.1) is 5.69 Å². The zero-order chi connectivity index (χ0) is 15.6. The lowest BCUT2D eigenvalue weighted by Gasteiger charge is -2.13. The first-order chi connectivity index (χ1) is 9.88. The molecule has 1 aromatic heterocycles. The lowest BCUT2D eigenvalue weighted by Crippen LogP contribution is -2.06. The smallest absolute Gasteiger partial charge is 0.133 e. The Balaban J connectivity index is 2.50. The second-order valence-electron chi connectivity index (χ2n) is 6.39. The summed E-state index contributed by atoms with van der Waals surface area (Å²) in [6, 6.07) is 8.59. The van der Waals surface area contributed by atoms with Crippen LogP contribution >= 0.6 is 0 Å². The number of benzene rings is 1. The van der Waals surface area contributed by atoms with Gasteiger partial charge in [0.15, 0.2) is 0 Å². The molecule has 0 saturated heterocycles. The molecule has 0 aliphatic heterocycles. The first kappa shape index (κ1) is 15.5. The Morgan fingerprint density at radius 3 is 2.43 bits per heavy atom. The van der Waals surface area contributed by atoms with Crippen molar-refractivity contribution in [3.8, 4) is 11.3 Å². The lowest BCUT2D eigenvalue weighted by atomic mass is 9.98. The monoisotopic (exact) mass is 283 g/mol. The quantitative estimate of drug-likeness (QED) is 0.907. The van der Waals surface area contributed by atoms with Gasteiger partial charge in [0.25, 0.3) is 0 Å². The number of aromatic nitrogens is 2. The molecule has 0 amide bonds. The molecule has 0 saturated carbocycles. The molecule has 2 aromatic rings. The molecule has 3 nitrogen and oxygen atoms in total. The maximum atomic E-state index is 6.06. The minimum absolute atomic E-state index is 0.269. The van der Waals surface area contributed by atoms with Gasteiger partial charge >= 0.3 is 0 Å².